The van der Waals surface area contributed by atoms with Crippen molar-refractivity contribution in [3.63, 3.8) is 0 Å². The summed E-state index contributed by atoms with van der Waals surface area (Å²) >= 11 is 1.57. The minimum Gasteiger partial charge on any atom is -0.493 e. The molecule has 1 amide bonds. The Labute approximate surface area is 145 Å². The van der Waals surface area contributed by atoms with Gasteiger partial charge in [-0.15, -0.1) is 11.3 Å². The number of methoxy groups -OCH3 is 2. The first-order chi connectivity index (χ1) is 11.6. The first-order valence-electron chi connectivity index (χ1n) is 7.84. The molecule has 0 radical (unpaired) electrons. The Hall–Kier alpha value is -2.34. The van der Waals surface area contributed by atoms with Gasteiger partial charge < -0.3 is 15.2 Å². The lowest BCUT2D eigenvalue weighted by Gasteiger charge is -2.10. The third-order valence-corrected chi connectivity index (χ3v) is 5.34. The smallest absolute Gasteiger partial charge is 0.252 e. The van der Waals surface area contributed by atoms with Crippen LogP contribution in [0.2, 0.25) is 0 Å². The molecule has 0 aliphatic heterocycles. The lowest BCUT2D eigenvalue weighted by atomic mass is 9.95. The van der Waals surface area contributed by atoms with E-state index in [1.807, 2.05) is 18.2 Å². The molecule has 3 rings (SSSR count). The summed E-state index contributed by atoms with van der Waals surface area (Å²) < 4.78 is 10.5. The average Bonchev–Trinajstić information content (AvgIpc) is 2.98. The number of amides is 1. The first kappa shape index (κ1) is 16.5. The van der Waals surface area contributed by atoms with E-state index < -0.39 is 5.91 Å². The first-order valence-corrected chi connectivity index (χ1v) is 8.66. The second-order valence-corrected chi connectivity index (χ2v) is 6.71. The van der Waals surface area contributed by atoms with Gasteiger partial charge in [0.2, 0.25) is 0 Å². The minimum atomic E-state index is -0.395. The van der Waals surface area contributed by atoms with Crippen molar-refractivity contribution in [1.29, 1.82) is 0 Å². The number of primary amides is 1. The summed E-state index contributed by atoms with van der Waals surface area (Å²) in [5.41, 5.74) is 8.15. The fourth-order valence-corrected chi connectivity index (χ4v) is 4.20. The van der Waals surface area contributed by atoms with Crippen molar-refractivity contribution >= 4 is 28.5 Å². The van der Waals surface area contributed by atoms with Gasteiger partial charge in [-0.3, -0.25) is 4.79 Å². The van der Waals surface area contributed by atoms with Gasteiger partial charge >= 0.3 is 0 Å². The Balaban J connectivity index is 1.95. The zero-order valence-electron chi connectivity index (χ0n) is 13.8. The topological polar surface area (TPSA) is 73.9 Å². The number of carbonyl (C=O) groups excluding carboxylic acids is 1. The highest BCUT2D eigenvalue weighted by Crippen LogP contribution is 2.39. The second-order valence-electron chi connectivity index (χ2n) is 5.63. The molecule has 6 heteroatoms. The molecule has 0 saturated heterocycles. The van der Waals surface area contributed by atoms with Gasteiger partial charge in [-0.1, -0.05) is 0 Å². The maximum absolute atomic E-state index is 11.9. The van der Waals surface area contributed by atoms with E-state index in [0.717, 1.165) is 36.8 Å². The van der Waals surface area contributed by atoms with Gasteiger partial charge in [0.15, 0.2) is 11.5 Å². The number of carbonyl (C=O) groups is 1. The zero-order chi connectivity index (χ0) is 17.1. The molecule has 1 heterocycles. The zero-order valence-corrected chi connectivity index (χ0v) is 14.6. The number of rotatable bonds is 5. The summed E-state index contributed by atoms with van der Waals surface area (Å²) in [4.78, 5) is 17.6. The Kier molecular flexibility index (Phi) is 4.85. The van der Waals surface area contributed by atoms with Gasteiger partial charge in [0.1, 0.15) is 5.00 Å². The largest absolute Gasteiger partial charge is 0.493 e. The van der Waals surface area contributed by atoms with Gasteiger partial charge in [0.05, 0.1) is 19.8 Å². The van der Waals surface area contributed by atoms with Crippen molar-refractivity contribution in [2.45, 2.75) is 25.7 Å². The molecule has 24 heavy (non-hydrogen) atoms. The van der Waals surface area contributed by atoms with Crippen molar-refractivity contribution in [2.75, 3.05) is 14.2 Å². The molecule has 0 fully saturated rings. The highest BCUT2D eigenvalue weighted by Gasteiger charge is 2.23. The number of hydrogen-bond donors (Lipinski definition) is 1. The van der Waals surface area contributed by atoms with Crippen LogP contribution in [-0.4, -0.2) is 26.3 Å². The van der Waals surface area contributed by atoms with Crippen LogP contribution in [0.5, 0.6) is 11.5 Å². The van der Waals surface area contributed by atoms with Crippen LogP contribution >= 0.6 is 11.3 Å². The van der Waals surface area contributed by atoms with E-state index in [1.54, 1.807) is 31.8 Å². The Morgan fingerprint density at radius 2 is 1.96 bits per heavy atom. The molecule has 126 valence electrons. The number of ether oxygens (including phenoxy) is 2. The van der Waals surface area contributed by atoms with Crippen LogP contribution in [0.25, 0.3) is 0 Å². The fraction of sp³-hybridized carbons (Fsp3) is 0.333. The molecular weight excluding hydrogens is 324 g/mol. The summed E-state index contributed by atoms with van der Waals surface area (Å²) in [6.07, 6.45) is 5.90. The van der Waals surface area contributed by atoms with E-state index in [-0.39, 0.29) is 0 Å². The molecule has 1 aromatic carbocycles. The molecule has 2 N–H and O–H groups in total. The third-order valence-electron chi connectivity index (χ3n) is 4.14. The maximum Gasteiger partial charge on any atom is 0.252 e. The van der Waals surface area contributed by atoms with Gasteiger partial charge in [-0.25, -0.2) is 4.99 Å². The molecule has 1 aliphatic rings. The SMILES string of the molecule is COc1ccc(/C=N/c2sc3c(c2C(N)=O)CCCC3)cc1OC. The standard InChI is InChI=1S/C18H20N2O3S/c1-22-13-8-7-11(9-14(13)23-2)10-20-18-16(17(19)21)12-5-3-4-6-15(12)24-18/h7-10H,3-6H2,1-2H3,(H2,19,21)/b20-10+. The van der Waals surface area contributed by atoms with Gasteiger partial charge in [-0.2, -0.15) is 0 Å². The average molecular weight is 344 g/mol. The molecule has 0 spiro atoms. The van der Waals surface area contributed by atoms with Crippen LogP contribution in [0.4, 0.5) is 5.00 Å². The molecule has 0 saturated carbocycles. The molecule has 1 aromatic heterocycles. The van der Waals surface area contributed by atoms with Crippen molar-refractivity contribution < 1.29 is 14.3 Å². The summed E-state index contributed by atoms with van der Waals surface area (Å²) in [6.45, 7) is 0. The van der Waals surface area contributed by atoms with Crippen LogP contribution in [-0.2, 0) is 12.8 Å². The quantitative estimate of drug-likeness (QED) is 0.844. The van der Waals surface area contributed by atoms with Gasteiger partial charge in [0, 0.05) is 11.1 Å². The fourth-order valence-electron chi connectivity index (χ4n) is 2.96. The van der Waals surface area contributed by atoms with Gasteiger partial charge in [0.25, 0.3) is 5.91 Å². The number of benzene rings is 1. The molecule has 5 nitrogen and oxygen atoms in total. The Bertz CT molecular complexity index is 796. The van der Waals surface area contributed by atoms with Crippen LogP contribution in [0.15, 0.2) is 23.2 Å². The lowest BCUT2D eigenvalue weighted by Crippen LogP contribution is -2.14. The van der Waals surface area contributed by atoms with Crippen molar-refractivity contribution in [3.05, 3.63) is 39.8 Å². The number of nitrogens with two attached hydrogens (primary N) is 1. The highest BCUT2D eigenvalue weighted by molar-refractivity contribution is 7.16. The molecular formula is C18H20N2O3S. The Morgan fingerprint density at radius 1 is 1.21 bits per heavy atom. The van der Waals surface area contributed by atoms with Crippen LogP contribution < -0.4 is 15.2 Å². The van der Waals surface area contributed by atoms with E-state index in [9.17, 15) is 4.79 Å². The van der Waals surface area contributed by atoms with E-state index in [0.29, 0.717) is 22.1 Å². The highest BCUT2D eigenvalue weighted by atomic mass is 32.1. The van der Waals surface area contributed by atoms with Crippen molar-refractivity contribution in [3.8, 4) is 11.5 Å². The normalized spacial score (nSPS) is 13.8. The van der Waals surface area contributed by atoms with E-state index in [2.05, 4.69) is 4.99 Å². The van der Waals surface area contributed by atoms with Gasteiger partial charge in [-0.05, 0) is 55.0 Å². The second kappa shape index (κ2) is 7.05. The molecule has 0 unspecified atom stereocenters. The van der Waals surface area contributed by atoms with E-state index >= 15 is 0 Å². The summed E-state index contributed by atoms with van der Waals surface area (Å²) in [5, 5.41) is 0.698. The summed E-state index contributed by atoms with van der Waals surface area (Å²) in [5.74, 6) is 0.912. The summed E-state index contributed by atoms with van der Waals surface area (Å²) in [7, 11) is 3.19. The minimum absolute atomic E-state index is 0.395. The van der Waals surface area contributed by atoms with Crippen LogP contribution in [0.1, 0.15) is 39.2 Å². The lowest BCUT2D eigenvalue weighted by molar-refractivity contribution is 0.100. The van der Waals surface area contributed by atoms with Crippen LogP contribution in [0, 0.1) is 0 Å². The van der Waals surface area contributed by atoms with Crippen molar-refractivity contribution in [1.82, 2.24) is 0 Å². The van der Waals surface area contributed by atoms with E-state index in [1.165, 1.54) is 4.88 Å². The predicted molar refractivity (Wildman–Crippen MR) is 96.3 cm³/mol. The number of nitrogens with zero attached hydrogens (tertiary/aromatic N) is 1. The number of thiophene rings is 1. The molecule has 2 aromatic rings. The number of fused-ring (bicyclic) bond motifs is 1. The Morgan fingerprint density at radius 3 is 2.67 bits per heavy atom. The monoisotopic (exact) mass is 344 g/mol. The predicted octanol–water partition coefficient (Wildman–Crippen LogP) is 3.49. The number of hydrogen-bond acceptors (Lipinski definition) is 5. The van der Waals surface area contributed by atoms with Crippen LogP contribution in [0.3, 0.4) is 0 Å². The summed E-state index contributed by atoms with van der Waals surface area (Å²) in [6, 6.07) is 5.57. The third kappa shape index (κ3) is 3.14. The van der Waals surface area contributed by atoms with Crippen molar-refractivity contribution in [2.24, 2.45) is 10.7 Å². The molecule has 0 atom stereocenters. The van der Waals surface area contributed by atoms with E-state index in [4.69, 9.17) is 15.2 Å². The number of aliphatic imine (C=N–C) groups is 1. The molecule has 1 aliphatic carbocycles. The number of aryl methyl sites for hydroxylation is 1. The molecule has 0 bridgehead atoms. The maximum atomic E-state index is 11.9.